The largest absolute Gasteiger partial charge is 0.457 e. The number of epoxide rings is 1. The Morgan fingerprint density at radius 2 is 1.87 bits per heavy atom. The van der Waals surface area contributed by atoms with Crippen LogP contribution in [0.5, 0.6) is 0 Å². The van der Waals surface area contributed by atoms with E-state index >= 15 is 0 Å². The van der Waals surface area contributed by atoms with Gasteiger partial charge in [0.1, 0.15) is 6.10 Å². The zero-order valence-corrected chi connectivity index (χ0v) is 30.6. The maximum Gasteiger partial charge on any atom is 0.409 e. The Morgan fingerprint density at radius 1 is 1.19 bits per heavy atom. The highest BCUT2D eigenvalue weighted by atomic mass is 16.6. The average molecular weight is 666 g/mol. The number of esters is 2. The summed E-state index contributed by atoms with van der Waals surface area (Å²) in [4.78, 5) is 39.3. The van der Waals surface area contributed by atoms with Crippen LogP contribution in [0.3, 0.4) is 0 Å². The normalized spacial score (nSPS) is 32.2. The Balaban J connectivity index is 2.35. The van der Waals surface area contributed by atoms with E-state index in [0.717, 1.165) is 12.0 Å². The number of amides is 1. The third kappa shape index (κ3) is 12.0. The molecule has 0 aromatic rings. The number of carbonyl (C=O) groups excluding carboxylic acids is 3. The number of hydrogen-bond acceptors (Lipinski definition) is 10. The van der Waals surface area contributed by atoms with Gasteiger partial charge in [0.25, 0.3) is 0 Å². The lowest BCUT2D eigenvalue weighted by Gasteiger charge is -2.37. The van der Waals surface area contributed by atoms with Crippen LogP contribution in [-0.4, -0.2) is 106 Å². The van der Waals surface area contributed by atoms with Crippen molar-refractivity contribution in [1.29, 1.82) is 0 Å². The Kier molecular flexibility index (Phi) is 15.6. The topological polar surface area (TPSA) is 122 Å². The summed E-state index contributed by atoms with van der Waals surface area (Å²) >= 11 is 0. The van der Waals surface area contributed by atoms with Gasteiger partial charge in [0.15, 0.2) is 11.7 Å². The molecule has 0 bridgehead atoms. The third-order valence-corrected chi connectivity index (χ3v) is 9.36. The standard InChI is InChI=1S/C36H59NO10/c1-13-28(42-11)25(4)33-29(45-33)22-35(6,43-12)19-14-15-23(2)32-24(3)16-17-30(44-26(5)38)36(7,47-34(40)37(8)9)20-18-27(41-10)21-31(39)46-32/h14-17,19,24-25,27-30,32-33H,13,18,20-22H2,1-12H3/b17-16+,19-14+,23-15+/t24-,25+,27+,28-,29+,30-,32+,33+,35-,36+/m0/s1. The fourth-order valence-corrected chi connectivity index (χ4v) is 6.07. The van der Waals surface area contributed by atoms with Crippen molar-refractivity contribution in [1.82, 2.24) is 4.90 Å². The molecule has 2 aliphatic heterocycles. The Bertz CT molecular complexity index is 1130. The lowest BCUT2D eigenvalue weighted by molar-refractivity contribution is -0.158. The van der Waals surface area contributed by atoms with Gasteiger partial charge in [-0.15, -0.1) is 0 Å². The van der Waals surface area contributed by atoms with E-state index in [1.54, 1.807) is 41.3 Å². The first-order valence-electron chi connectivity index (χ1n) is 16.6. The van der Waals surface area contributed by atoms with E-state index in [4.69, 9.17) is 33.2 Å². The number of nitrogens with zero attached hydrogens (tertiary/aromatic N) is 1. The zero-order valence-electron chi connectivity index (χ0n) is 30.6. The summed E-state index contributed by atoms with van der Waals surface area (Å²) in [6.07, 6.45) is 9.38. The molecule has 0 aromatic heterocycles. The molecule has 0 N–H and O–H groups in total. The molecule has 2 heterocycles. The lowest BCUT2D eigenvalue weighted by Crippen LogP contribution is -2.47. The van der Waals surface area contributed by atoms with Crippen molar-refractivity contribution in [3.8, 4) is 0 Å². The maximum absolute atomic E-state index is 13.2. The van der Waals surface area contributed by atoms with Crippen molar-refractivity contribution in [3.63, 3.8) is 0 Å². The van der Waals surface area contributed by atoms with E-state index in [-0.39, 0.29) is 43.0 Å². The van der Waals surface area contributed by atoms with E-state index in [0.29, 0.717) is 12.8 Å². The van der Waals surface area contributed by atoms with E-state index in [2.05, 4.69) is 13.8 Å². The number of methoxy groups -OCH3 is 3. The maximum atomic E-state index is 13.2. The second-order valence-electron chi connectivity index (χ2n) is 13.5. The molecule has 0 aliphatic carbocycles. The van der Waals surface area contributed by atoms with Gasteiger partial charge < -0.3 is 38.1 Å². The molecule has 0 saturated carbocycles. The molecule has 268 valence electrons. The fourth-order valence-electron chi connectivity index (χ4n) is 6.07. The predicted molar refractivity (Wildman–Crippen MR) is 179 cm³/mol. The quantitative estimate of drug-likeness (QED) is 0.0784. The number of rotatable bonds is 13. The summed E-state index contributed by atoms with van der Waals surface area (Å²) in [5, 5.41) is 0. The van der Waals surface area contributed by atoms with E-state index < -0.39 is 47.5 Å². The first-order valence-corrected chi connectivity index (χ1v) is 16.6. The Morgan fingerprint density at radius 3 is 2.43 bits per heavy atom. The van der Waals surface area contributed by atoms with Crippen molar-refractivity contribution in [2.45, 2.75) is 128 Å². The van der Waals surface area contributed by atoms with Gasteiger partial charge >= 0.3 is 18.0 Å². The second-order valence-corrected chi connectivity index (χ2v) is 13.5. The van der Waals surface area contributed by atoms with E-state index in [1.165, 1.54) is 18.9 Å². The van der Waals surface area contributed by atoms with Crippen LogP contribution in [0.15, 0.2) is 36.0 Å². The zero-order chi connectivity index (χ0) is 35.5. The van der Waals surface area contributed by atoms with Crippen molar-refractivity contribution < 1.29 is 47.5 Å². The second kappa shape index (κ2) is 18.1. The summed E-state index contributed by atoms with van der Waals surface area (Å²) in [5.74, 6) is -0.957. The number of cyclic esters (lactones) is 1. The van der Waals surface area contributed by atoms with Gasteiger partial charge in [-0.3, -0.25) is 9.59 Å². The number of ether oxygens (including phenoxy) is 7. The molecular weight excluding hydrogens is 606 g/mol. The van der Waals surface area contributed by atoms with Crippen LogP contribution in [-0.2, 0) is 42.7 Å². The molecule has 11 heteroatoms. The van der Waals surface area contributed by atoms with Crippen LogP contribution < -0.4 is 0 Å². The monoisotopic (exact) mass is 665 g/mol. The molecule has 1 saturated heterocycles. The summed E-state index contributed by atoms with van der Waals surface area (Å²) < 4.78 is 40.8. The molecule has 0 spiro atoms. The van der Waals surface area contributed by atoms with Gasteiger partial charge in [0.05, 0.1) is 36.4 Å². The first-order chi connectivity index (χ1) is 22.0. The SMILES string of the molecule is CC[C@H](OC)[C@@H](C)[C@H]1O[C@@H]1C[C@](C)(/C=C/C=C(\C)[C@H]1OC(=O)C[C@H](OC)CC[C@@](C)(OC(=O)N(C)C)[C@@H](OC(C)=O)/C=C/[C@@H]1C)OC. The van der Waals surface area contributed by atoms with Gasteiger partial charge in [0.2, 0.25) is 0 Å². The molecule has 0 radical (unpaired) electrons. The molecule has 1 amide bonds. The molecule has 11 nitrogen and oxygen atoms in total. The molecule has 0 aromatic carbocycles. The Labute approximate surface area is 281 Å². The highest BCUT2D eigenvalue weighted by Gasteiger charge is 2.48. The van der Waals surface area contributed by atoms with Gasteiger partial charge in [-0.25, -0.2) is 4.79 Å². The van der Waals surface area contributed by atoms with Crippen molar-refractivity contribution in [2.24, 2.45) is 11.8 Å². The fraction of sp³-hybridized carbons (Fsp3) is 0.750. The first kappa shape index (κ1) is 40.4. The molecule has 0 unspecified atom stereocenters. The van der Waals surface area contributed by atoms with Crippen LogP contribution in [0.25, 0.3) is 0 Å². The van der Waals surface area contributed by atoms with Crippen LogP contribution in [0, 0.1) is 11.8 Å². The highest BCUT2D eigenvalue weighted by Crippen LogP contribution is 2.39. The van der Waals surface area contributed by atoms with Crippen LogP contribution in [0.2, 0.25) is 0 Å². The smallest absolute Gasteiger partial charge is 0.409 e. The van der Waals surface area contributed by atoms with E-state index in [9.17, 15) is 14.4 Å². The molecule has 1 fully saturated rings. The lowest BCUT2D eigenvalue weighted by atomic mass is 9.88. The molecular formula is C36H59NO10. The van der Waals surface area contributed by atoms with Crippen molar-refractivity contribution in [2.75, 3.05) is 35.4 Å². The van der Waals surface area contributed by atoms with Gasteiger partial charge in [-0.2, -0.15) is 0 Å². The predicted octanol–water partition coefficient (Wildman–Crippen LogP) is 5.80. The van der Waals surface area contributed by atoms with Gasteiger partial charge in [-0.1, -0.05) is 45.1 Å². The average Bonchev–Trinajstić information content (AvgIpc) is 3.78. The minimum atomic E-state index is -1.22. The summed E-state index contributed by atoms with van der Waals surface area (Å²) in [5.41, 5.74) is -0.987. The molecule has 10 atom stereocenters. The molecule has 2 rings (SSSR count). The summed E-state index contributed by atoms with van der Waals surface area (Å²) in [7, 11) is 8.11. The van der Waals surface area contributed by atoms with Crippen LogP contribution in [0.4, 0.5) is 4.79 Å². The van der Waals surface area contributed by atoms with Gasteiger partial charge in [-0.05, 0) is 51.7 Å². The molecule has 2 aliphatic rings. The number of carbonyl (C=O) groups is 3. The van der Waals surface area contributed by atoms with Crippen LogP contribution >= 0.6 is 0 Å². The highest BCUT2D eigenvalue weighted by molar-refractivity contribution is 5.71. The van der Waals surface area contributed by atoms with Crippen molar-refractivity contribution in [3.05, 3.63) is 36.0 Å². The minimum absolute atomic E-state index is 0.00712. The summed E-state index contributed by atoms with van der Waals surface area (Å²) in [6.45, 7) is 13.2. The number of allylic oxidation sites excluding steroid dienone is 2. The Hall–Kier alpha value is -2.73. The minimum Gasteiger partial charge on any atom is -0.457 e. The number of hydrogen-bond donors (Lipinski definition) is 0. The summed E-state index contributed by atoms with van der Waals surface area (Å²) in [6, 6.07) is 0. The third-order valence-electron chi connectivity index (χ3n) is 9.36. The van der Waals surface area contributed by atoms with Crippen molar-refractivity contribution >= 4 is 18.0 Å². The van der Waals surface area contributed by atoms with E-state index in [1.807, 2.05) is 45.1 Å². The van der Waals surface area contributed by atoms with Gasteiger partial charge in [0, 0.05) is 60.6 Å². The molecule has 47 heavy (non-hydrogen) atoms. The van der Waals surface area contributed by atoms with Crippen LogP contribution in [0.1, 0.15) is 80.6 Å².